The van der Waals surface area contributed by atoms with E-state index in [1.807, 2.05) is 35.2 Å². The fourth-order valence-corrected chi connectivity index (χ4v) is 4.26. The van der Waals surface area contributed by atoms with Gasteiger partial charge in [0.2, 0.25) is 0 Å². The molecule has 1 aliphatic rings. The molecule has 0 aliphatic carbocycles. The number of halogens is 1. The van der Waals surface area contributed by atoms with Crippen LogP contribution in [0.2, 0.25) is 0 Å². The number of hydrogen-bond acceptors (Lipinski definition) is 3. The molecule has 26 heavy (non-hydrogen) atoms. The SMILES string of the molecule is COc1ccccc1C1S/C(=C/c2ccc(F)cc2)C(=O)N1CC(C)C. The van der Waals surface area contributed by atoms with Crippen LogP contribution in [0.5, 0.6) is 5.75 Å². The highest BCUT2D eigenvalue weighted by atomic mass is 32.2. The number of ether oxygens (including phenoxy) is 1. The molecule has 136 valence electrons. The van der Waals surface area contributed by atoms with Gasteiger partial charge >= 0.3 is 0 Å². The van der Waals surface area contributed by atoms with Crippen LogP contribution in [-0.4, -0.2) is 24.5 Å². The highest BCUT2D eigenvalue weighted by Gasteiger charge is 2.38. The Kier molecular flexibility index (Phi) is 5.67. The van der Waals surface area contributed by atoms with Crippen molar-refractivity contribution in [1.29, 1.82) is 0 Å². The summed E-state index contributed by atoms with van der Waals surface area (Å²) in [5.74, 6) is 0.839. The first-order valence-corrected chi connectivity index (χ1v) is 9.45. The summed E-state index contributed by atoms with van der Waals surface area (Å²) in [5, 5.41) is -0.132. The second-order valence-corrected chi connectivity index (χ2v) is 7.75. The third-order valence-electron chi connectivity index (χ3n) is 4.13. The number of amides is 1. The summed E-state index contributed by atoms with van der Waals surface area (Å²) in [7, 11) is 1.64. The Morgan fingerprint density at radius 1 is 1.19 bits per heavy atom. The van der Waals surface area contributed by atoms with E-state index >= 15 is 0 Å². The van der Waals surface area contributed by atoms with Crippen LogP contribution in [0.1, 0.15) is 30.3 Å². The highest BCUT2D eigenvalue weighted by molar-refractivity contribution is 8.04. The van der Waals surface area contributed by atoms with E-state index in [1.165, 1.54) is 23.9 Å². The summed E-state index contributed by atoms with van der Waals surface area (Å²) in [6.45, 7) is 4.85. The molecular formula is C21H22FNO2S. The molecule has 0 radical (unpaired) electrons. The van der Waals surface area contributed by atoms with Crippen LogP contribution in [0.4, 0.5) is 4.39 Å². The third-order valence-corrected chi connectivity index (χ3v) is 5.41. The van der Waals surface area contributed by atoms with Crippen molar-refractivity contribution in [1.82, 2.24) is 4.90 Å². The molecule has 1 amide bonds. The van der Waals surface area contributed by atoms with Gasteiger partial charge in [0.05, 0.1) is 12.0 Å². The van der Waals surface area contributed by atoms with Crippen LogP contribution < -0.4 is 4.74 Å². The monoisotopic (exact) mass is 371 g/mol. The lowest BCUT2D eigenvalue weighted by Gasteiger charge is -2.26. The van der Waals surface area contributed by atoms with E-state index in [2.05, 4.69) is 13.8 Å². The van der Waals surface area contributed by atoms with Gasteiger partial charge in [0, 0.05) is 12.1 Å². The number of carbonyl (C=O) groups excluding carboxylic acids is 1. The number of nitrogens with zero attached hydrogens (tertiary/aromatic N) is 1. The number of hydrogen-bond donors (Lipinski definition) is 0. The molecule has 1 fully saturated rings. The van der Waals surface area contributed by atoms with Gasteiger partial charge in [-0.2, -0.15) is 0 Å². The molecule has 2 aromatic rings. The van der Waals surface area contributed by atoms with Crippen molar-refractivity contribution in [2.24, 2.45) is 5.92 Å². The summed E-state index contributed by atoms with van der Waals surface area (Å²) in [4.78, 5) is 15.6. The maximum atomic E-state index is 13.1. The zero-order chi connectivity index (χ0) is 18.7. The van der Waals surface area contributed by atoms with E-state index in [0.717, 1.165) is 16.9 Å². The Hall–Kier alpha value is -2.27. The van der Waals surface area contributed by atoms with Crippen LogP contribution in [0, 0.1) is 11.7 Å². The van der Waals surface area contributed by atoms with Crippen molar-refractivity contribution in [2.45, 2.75) is 19.2 Å². The zero-order valence-electron chi connectivity index (χ0n) is 15.1. The lowest BCUT2D eigenvalue weighted by molar-refractivity contribution is -0.126. The number of methoxy groups -OCH3 is 1. The molecule has 0 saturated carbocycles. The minimum absolute atomic E-state index is 0.00364. The summed E-state index contributed by atoms with van der Waals surface area (Å²) >= 11 is 1.51. The molecule has 1 saturated heterocycles. The standard InChI is InChI=1S/C21H22FNO2S/c1-14(2)13-23-20(24)19(12-15-8-10-16(22)11-9-15)26-21(23)17-6-4-5-7-18(17)25-3/h4-12,14,21H,13H2,1-3H3/b19-12+. The summed E-state index contributed by atoms with van der Waals surface area (Å²) < 4.78 is 18.6. The van der Waals surface area contributed by atoms with Gasteiger partial charge in [0.25, 0.3) is 5.91 Å². The lowest BCUT2D eigenvalue weighted by atomic mass is 10.1. The van der Waals surface area contributed by atoms with Gasteiger partial charge in [-0.1, -0.05) is 55.9 Å². The maximum absolute atomic E-state index is 13.1. The summed E-state index contributed by atoms with van der Waals surface area (Å²) in [6.07, 6.45) is 1.83. The van der Waals surface area contributed by atoms with Crippen LogP contribution >= 0.6 is 11.8 Å². The summed E-state index contributed by atoms with van der Waals surface area (Å²) in [6, 6.07) is 14.0. The van der Waals surface area contributed by atoms with E-state index in [0.29, 0.717) is 17.4 Å². The van der Waals surface area contributed by atoms with Gasteiger partial charge in [-0.15, -0.1) is 0 Å². The Morgan fingerprint density at radius 2 is 1.88 bits per heavy atom. The average Bonchev–Trinajstić information content (AvgIpc) is 2.92. The highest BCUT2D eigenvalue weighted by Crippen LogP contribution is 2.48. The molecule has 1 unspecified atom stereocenters. The van der Waals surface area contributed by atoms with Gasteiger partial charge in [0.15, 0.2) is 0 Å². The Balaban J connectivity index is 1.98. The Labute approximate surface area is 157 Å². The predicted octanol–water partition coefficient (Wildman–Crippen LogP) is 5.11. The fourth-order valence-electron chi connectivity index (χ4n) is 2.96. The molecule has 2 aromatic carbocycles. The normalized spacial score (nSPS) is 18.8. The molecule has 0 N–H and O–H groups in total. The molecule has 5 heteroatoms. The smallest absolute Gasteiger partial charge is 0.261 e. The summed E-state index contributed by atoms with van der Waals surface area (Å²) in [5.41, 5.74) is 1.80. The van der Waals surface area contributed by atoms with Crippen molar-refractivity contribution in [2.75, 3.05) is 13.7 Å². The van der Waals surface area contributed by atoms with Crippen molar-refractivity contribution in [3.63, 3.8) is 0 Å². The fraction of sp³-hybridized carbons (Fsp3) is 0.286. The maximum Gasteiger partial charge on any atom is 0.261 e. The van der Waals surface area contributed by atoms with Gasteiger partial charge in [-0.05, 0) is 35.8 Å². The van der Waals surface area contributed by atoms with Crippen molar-refractivity contribution in [3.05, 3.63) is 70.4 Å². The van der Waals surface area contributed by atoms with E-state index in [9.17, 15) is 9.18 Å². The van der Waals surface area contributed by atoms with Crippen LogP contribution in [0.25, 0.3) is 6.08 Å². The molecular weight excluding hydrogens is 349 g/mol. The zero-order valence-corrected chi connectivity index (χ0v) is 15.9. The van der Waals surface area contributed by atoms with E-state index in [1.54, 1.807) is 19.2 Å². The van der Waals surface area contributed by atoms with E-state index < -0.39 is 0 Å². The van der Waals surface area contributed by atoms with Gasteiger partial charge < -0.3 is 9.64 Å². The molecule has 3 rings (SSSR count). The van der Waals surface area contributed by atoms with Gasteiger partial charge in [-0.3, -0.25) is 4.79 Å². The minimum Gasteiger partial charge on any atom is -0.496 e. The van der Waals surface area contributed by atoms with Gasteiger partial charge in [-0.25, -0.2) is 4.39 Å². The molecule has 1 aliphatic heterocycles. The second kappa shape index (κ2) is 7.96. The molecule has 0 bridgehead atoms. The number of carbonyl (C=O) groups is 1. The van der Waals surface area contributed by atoms with Crippen LogP contribution in [0.3, 0.4) is 0 Å². The first-order valence-electron chi connectivity index (χ1n) is 8.57. The van der Waals surface area contributed by atoms with Crippen LogP contribution in [0.15, 0.2) is 53.4 Å². The predicted molar refractivity (Wildman–Crippen MR) is 104 cm³/mol. The van der Waals surface area contributed by atoms with Gasteiger partial charge in [0.1, 0.15) is 16.9 Å². The minimum atomic E-state index is -0.286. The first-order chi connectivity index (χ1) is 12.5. The molecule has 0 spiro atoms. The van der Waals surface area contributed by atoms with Crippen LogP contribution in [-0.2, 0) is 4.79 Å². The lowest BCUT2D eigenvalue weighted by Crippen LogP contribution is -2.31. The van der Waals surface area contributed by atoms with E-state index in [4.69, 9.17) is 4.74 Å². The number of rotatable bonds is 5. The number of thioether (sulfide) groups is 1. The largest absolute Gasteiger partial charge is 0.496 e. The topological polar surface area (TPSA) is 29.5 Å². The van der Waals surface area contributed by atoms with E-state index in [-0.39, 0.29) is 17.1 Å². The molecule has 1 atom stereocenters. The third kappa shape index (κ3) is 3.93. The molecule has 0 aromatic heterocycles. The average molecular weight is 371 g/mol. The quantitative estimate of drug-likeness (QED) is 0.685. The number of benzene rings is 2. The first kappa shape index (κ1) is 18.5. The Bertz CT molecular complexity index is 817. The van der Waals surface area contributed by atoms with Crippen molar-refractivity contribution < 1.29 is 13.9 Å². The van der Waals surface area contributed by atoms with Crippen molar-refractivity contribution in [3.8, 4) is 5.75 Å². The van der Waals surface area contributed by atoms with Crippen molar-refractivity contribution >= 4 is 23.7 Å². The molecule has 3 nitrogen and oxygen atoms in total. The Morgan fingerprint density at radius 3 is 2.54 bits per heavy atom. The molecule has 1 heterocycles. The second-order valence-electron chi connectivity index (χ2n) is 6.62. The number of para-hydroxylation sites is 1.